The van der Waals surface area contributed by atoms with Gasteiger partial charge in [-0.25, -0.2) is 0 Å². The van der Waals surface area contributed by atoms with Crippen LogP contribution in [-0.4, -0.2) is 193 Å². The van der Waals surface area contributed by atoms with Crippen LogP contribution < -0.4 is 5.32 Å². The first-order valence-corrected chi connectivity index (χ1v) is 40.8. The molecule has 3 aliphatic rings. The van der Waals surface area contributed by atoms with E-state index in [0.29, 0.717) is 12.8 Å². The predicted molar refractivity (Wildman–Crippen MR) is 384 cm³/mol. The van der Waals surface area contributed by atoms with Gasteiger partial charge in [0.05, 0.1) is 38.6 Å². The highest BCUT2D eigenvalue weighted by molar-refractivity contribution is 5.76. The van der Waals surface area contributed by atoms with Gasteiger partial charge in [-0.2, -0.15) is 0 Å². The van der Waals surface area contributed by atoms with Gasteiger partial charge in [0, 0.05) is 6.42 Å². The second kappa shape index (κ2) is 60.1. The van der Waals surface area contributed by atoms with Crippen LogP contribution in [0.15, 0.2) is 0 Å². The number of nitrogens with one attached hydrogen (secondary N) is 1. The second-order valence-corrected chi connectivity index (χ2v) is 29.6. The number of hydrogen-bond acceptors (Lipinski definition) is 18. The molecule has 0 saturated carbocycles. The number of ether oxygens (including phenoxy) is 6. The fraction of sp³-hybridized carbons (Fsp3) is 0.987. The molecule has 3 saturated heterocycles. The van der Waals surface area contributed by atoms with E-state index in [1.54, 1.807) is 0 Å². The van der Waals surface area contributed by atoms with Gasteiger partial charge in [0.2, 0.25) is 5.91 Å². The maximum absolute atomic E-state index is 13.5. The van der Waals surface area contributed by atoms with Crippen molar-refractivity contribution in [2.24, 2.45) is 0 Å². The highest BCUT2D eigenvalue weighted by Gasteiger charge is 2.54. The Morgan fingerprint density at radius 3 is 0.897 bits per heavy atom. The third-order valence-corrected chi connectivity index (χ3v) is 20.9. The fourth-order valence-electron chi connectivity index (χ4n) is 14.4. The van der Waals surface area contributed by atoms with E-state index in [0.717, 1.165) is 44.9 Å². The van der Waals surface area contributed by atoms with Crippen LogP contribution in [0.3, 0.4) is 0 Å². The topological polar surface area (TPSA) is 307 Å². The third kappa shape index (κ3) is 40.6. The quantitative estimate of drug-likeness (QED) is 0.0252. The van der Waals surface area contributed by atoms with Crippen molar-refractivity contribution in [2.45, 2.75) is 465 Å². The van der Waals surface area contributed by atoms with Gasteiger partial charge in [-0.3, -0.25) is 4.79 Å². The van der Waals surface area contributed by atoms with Gasteiger partial charge in [0.1, 0.15) is 73.2 Å². The Hall–Kier alpha value is -1.21. The monoisotopic (exact) mass is 1390 g/mol. The maximum Gasteiger partial charge on any atom is 0.220 e. The molecule has 12 N–H and O–H groups in total. The van der Waals surface area contributed by atoms with Crippen molar-refractivity contribution in [1.29, 1.82) is 0 Å². The minimum Gasteiger partial charge on any atom is -0.394 e. The van der Waals surface area contributed by atoms with Crippen molar-refractivity contribution in [1.82, 2.24) is 5.32 Å². The van der Waals surface area contributed by atoms with Crippen LogP contribution in [0.4, 0.5) is 0 Å². The zero-order valence-corrected chi connectivity index (χ0v) is 61.6. The van der Waals surface area contributed by atoms with Crippen molar-refractivity contribution in [2.75, 3.05) is 26.4 Å². The van der Waals surface area contributed by atoms with E-state index >= 15 is 0 Å². The summed E-state index contributed by atoms with van der Waals surface area (Å²) in [5.74, 6) is -0.232. The number of hydrogen-bond donors (Lipinski definition) is 12. The lowest BCUT2D eigenvalue weighted by molar-refractivity contribution is -0.379. The average Bonchev–Trinajstić information content (AvgIpc) is 0.792. The van der Waals surface area contributed by atoms with Crippen molar-refractivity contribution in [3.63, 3.8) is 0 Å². The van der Waals surface area contributed by atoms with Gasteiger partial charge in [0.15, 0.2) is 18.9 Å². The molecule has 3 rings (SSSR count). The summed E-state index contributed by atoms with van der Waals surface area (Å²) in [5.41, 5.74) is 0. The molecule has 0 spiro atoms. The minimum atomic E-state index is -1.97. The lowest BCUT2D eigenvalue weighted by Gasteiger charge is -2.48. The van der Waals surface area contributed by atoms with E-state index in [-0.39, 0.29) is 18.9 Å². The lowest BCUT2D eigenvalue weighted by Crippen LogP contribution is -2.66. The number of aliphatic hydroxyl groups is 11. The van der Waals surface area contributed by atoms with Crippen LogP contribution in [0.25, 0.3) is 0 Å². The first-order valence-electron chi connectivity index (χ1n) is 40.8. The first kappa shape index (κ1) is 90.0. The van der Waals surface area contributed by atoms with Crippen LogP contribution >= 0.6 is 0 Å². The third-order valence-electron chi connectivity index (χ3n) is 20.9. The van der Waals surface area contributed by atoms with Gasteiger partial charge in [-0.1, -0.05) is 341 Å². The standard InChI is InChI=1S/C78H151NO18/c1-3-5-7-9-11-13-15-17-19-21-23-25-27-29-30-31-32-33-35-37-39-41-43-45-47-49-51-53-55-62(83)61(79-66(84)56-54-52-50-48-46-44-42-40-38-36-34-28-26-24-22-20-18-16-14-12-10-8-6-4-2)60-92-76-72(90)69(87)74(64(58-81)94-76)97-78-73(91)70(88)75(65(59-82)95-78)96-77-71(89)68(86)67(85)63(57-80)93-77/h61-65,67-78,80-83,85-91H,3-60H2,1-2H3,(H,79,84). The van der Waals surface area contributed by atoms with Crippen molar-refractivity contribution in [3.8, 4) is 0 Å². The van der Waals surface area contributed by atoms with E-state index in [1.165, 1.54) is 283 Å². The molecule has 3 heterocycles. The summed E-state index contributed by atoms with van der Waals surface area (Å²) in [5, 5.41) is 121. The highest BCUT2D eigenvalue weighted by atomic mass is 16.8. The molecular formula is C78H151NO18. The maximum atomic E-state index is 13.5. The molecule has 0 radical (unpaired) electrons. The molecule has 1 amide bonds. The Labute approximate surface area is 589 Å². The second-order valence-electron chi connectivity index (χ2n) is 29.6. The summed E-state index contributed by atoms with van der Waals surface area (Å²) < 4.78 is 34.5. The molecule has 19 heteroatoms. The van der Waals surface area contributed by atoms with Crippen molar-refractivity contribution < 1.29 is 89.4 Å². The zero-order valence-electron chi connectivity index (χ0n) is 61.6. The van der Waals surface area contributed by atoms with Crippen LogP contribution in [-0.2, 0) is 33.2 Å². The van der Waals surface area contributed by atoms with Gasteiger partial charge < -0.3 is 89.9 Å². The number of amides is 1. The Morgan fingerprint density at radius 1 is 0.330 bits per heavy atom. The number of unbranched alkanes of at least 4 members (excludes halogenated alkanes) is 50. The van der Waals surface area contributed by atoms with Gasteiger partial charge in [-0.05, 0) is 12.8 Å². The number of rotatable bonds is 66. The van der Waals surface area contributed by atoms with E-state index in [1.807, 2.05) is 0 Å². The molecule has 17 unspecified atom stereocenters. The first-order chi connectivity index (χ1) is 47.3. The summed E-state index contributed by atoms with van der Waals surface area (Å²) in [6.45, 7) is 1.88. The van der Waals surface area contributed by atoms with Crippen LogP contribution in [0.5, 0.6) is 0 Å². The highest BCUT2D eigenvalue weighted by Crippen LogP contribution is 2.33. The Balaban J connectivity index is 1.36. The number of carbonyl (C=O) groups is 1. The number of carbonyl (C=O) groups excluding carboxylic acids is 1. The summed E-state index contributed by atoms with van der Waals surface area (Å²) >= 11 is 0. The zero-order chi connectivity index (χ0) is 70.4. The lowest BCUT2D eigenvalue weighted by atomic mass is 9.96. The van der Waals surface area contributed by atoms with Crippen LogP contribution in [0, 0.1) is 0 Å². The SMILES string of the molecule is CCCCCCCCCCCCCCCCCCCCCCCCCCCCCCC(O)C(COC1OC(CO)C(OC2OC(CO)C(OC3OC(CO)C(O)C(O)C3O)C(O)C2O)C(O)C1O)NC(=O)CCCCCCCCCCCCCCCCCCCCCCCCCC. The minimum absolute atomic E-state index is 0.232. The molecule has 576 valence electrons. The van der Waals surface area contributed by atoms with E-state index in [9.17, 15) is 61.0 Å². The molecule has 0 aliphatic carbocycles. The summed E-state index contributed by atoms with van der Waals surface area (Å²) in [6, 6.07) is -0.883. The Kier molecular flexibility index (Phi) is 55.8. The average molecular weight is 1390 g/mol. The van der Waals surface area contributed by atoms with Crippen LogP contribution in [0.2, 0.25) is 0 Å². The molecule has 17 atom stereocenters. The Bertz CT molecular complexity index is 1760. The molecule has 0 bridgehead atoms. The number of aliphatic hydroxyl groups excluding tert-OH is 11. The Morgan fingerprint density at radius 2 is 0.588 bits per heavy atom. The van der Waals surface area contributed by atoms with Gasteiger partial charge in [-0.15, -0.1) is 0 Å². The van der Waals surface area contributed by atoms with Crippen LogP contribution in [0.1, 0.15) is 361 Å². The molecule has 97 heavy (non-hydrogen) atoms. The summed E-state index contributed by atoms with van der Waals surface area (Å²) in [7, 11) is 0. The molecule has 19 nitrogen and oxygen atoms in total. The molecule has 0 aromatic carbocycles. The van der Waals surface area contributed by atoms with E-state index in [4.69, 9.17) is 28.4 Å². The van der Waals surface area contributed by atoms with E-state index < -0.39 is 124 Å². The normalized spacial score (nSPS) is 26.8. The predicted octanol–water partition coefficient (Wildman–Crippen LogP) is 13.4. The molecule has 0 aromatic rings. The molecular weight excluding hydrogens is 1240 g/mol. The smallest absolute Gasteiger partial charge is 0.220 e. The molecule has 3 fully saturated rings. The van der Waals surface area contributed by atoms with Gasteiger partial charge in [0.25, 0.3) is 0 Å². The van der Waals surface area contributed by atoms with Crippen molar-refractivity contribution in [3.05, 3.63) is 0 Å². The molecule has 3 aliphatic heterocycles. The molecule has 0 aromatic heterocycles. The summed E-state index contributed by atoms with van der Waals surface area (Å²) in [6.07, 6.45) is 41.9. The van der Waals surface area contributed by atoms with Crippen molar-refractivity contribution >= 4 is 5.91 Å². The fourth-order valence-corrected chi connectivity index (χ4v) is 14.4. The largest absolute Gasteiger partial charge is 0.394 e. The van der Waals surface area contributed by atoms with E-state index in [2.05, 4.69) is 19.2 Å². The summed E-state index contributed by atoms with van der Waals surface area (Å²) in [4.78, 5) is 13.5. The van der Waals surface area contributed by atoms with Gasteiger partial charge >= 0.3 is 0 Å².